The van der Waals surface area contributed by atoms with Crippen molar-refractivity contribution in [2.75, 3.05) is 33.4 Å². The average Bonchev–Trinajstić information content (AvgIpc) is 2.88. The number of hydrogen-bond acceptors (Lipinski definition) is 6. The van der Waals surface area contributed by atoms with Crippen LogP contribution < -0.4 is 10.8 Å². The summed E-state index contributed by atoms with van der Waals surface area (Å²) in [5.41, 5.74) is 1.03. The van der Waals surface area contributed by atoms with E-state index in [1.807, 2.05) is 29.7 Å². The summed E-state index contributed by atoms with van der Waals surface area (Å²) in [7, 11) is 1.19. The fraction of sp³-hybridized carbons (Fsp3) is 0.444. The molecule has 1 amide bonds. The van der Waals surface area contributed by atoms with Gasteiger partial charge in [0.05, 0.1) is 20.3 Å². The van der Waals surface area contributed by atoms with E-state index in [1.54, 1.807) is 12.1 Å². The van der Waals surface area contributed by atoms with Gasteiger partial charge >= 0.3 is 0 Å². The van der Waals surface area contributed by atoms with E-state index in [0.29, 0.717) is 0 Å². The molecule has 9 heteroatoms. The summed E-state index contributed by atoms with van der Waals surface area (Å²) >= 11 is 0. The standard InChI is InChI=1S/C27H33F2N3O4/c1-26(25(33)31-35-3,27(2,34)24(28)29)30-18-22-10-6-20(7-11-22)4-5-21-8-12-23(13-9-21)19-32-14-16-36-17-15-32/h6-13,24,30,34H,14-19H2,1-3H3,(H,31,33). The molecule has 36 heavy (non-hydrogen) atoms. The molecule has 194 valence electrons. The average molecular weight is 502 g/mol. The van der Waals surface area contributed by atoms with Crippen LogP contribution in [0.4, 0.5) is 8.78 Å². The summed E-state index contributed by atoms with van der Waals surface area (Å²) in [4.78, 5) is 19.4. The van der Waals surface area contributed by atoms with E-state index in [0.717, 1.165) is 56.5 Å². The molecule has 2 aromatic carbocycles. The zero-order valence-electron chi connectivity index (χ0n) is 20.8. The first-order chi connectivity index (χ1) is 17.2. The number of nitrogens with zero attached hydrogens (tertiary/aromatic N) is 1. The molecule has 3 N–H and O–H groups in total. The smallest absolute Gasteiger partial charge is 0.268 e. The van der Waals surface area contributed by atoms with E-state index in [9.17, 15) is 18.7 Å². The summed E-state index contributed by atoms with van der Waals surface area (Å²) in [5.74, 6) is 5.36. The topological polar surface area (TPSA) is 83.1 Å². The normalized spacial score (nSPS) is 17.5. The summed E-state index contributed by atoms with van der Waals surface area (Å²) in [6, 6.07) is 15.4. The zero-order chi connectivity index (χ0) is 26.2. The number of amides is 1. The monoisotopic (exact) mass is 501 g/mol. The Bertz CT molecular complexity index is 1060. The van der Waals surface area contributed by atoms with Crippen molar-refractivity contribution in [3.63, 3.8) is 0 Å². The lowest BCUT2D eigenvalue weighted by Crippen LogP contribution is -2.69. The molecular formula is C27H33F2N3O4. The highest BCUT2D eigenvalue weighted by atomic mass is 19.3. The highest BCUT2D eigenvalue weighted by Gasteiger charge is 2.55. The molecule has 1 heterocycles. The van der Waals surface area contributed by atoms with Gasteiger partial charge in [-0.15, -0.1) is 0 Å². The van der Waals surface area contributed by atoms with Crippen molar-refractivity contribution in [2.45, 2.75) is 44.5 Å². The predicted octanol–water partition coefficient (Wildman–Crippen LogP) is 2.46. The minimum atomic E-state index is -3.16. The lowest BCUT2D eigenvalue weighted by atomic mass is 9.81. The second-order valence-electron chi connectivity index (χ2n) is 9.09. The quantitative estimate of drug-likeness (QED) is 0.362. The number of alkyl halides is 2. The van der Waals surface area contributed by atoms with Gasteiger partial charge in [-0.25, -0.2) is 14.3 Å². The van der Waals surface area contributed by atoms with E-state index in [-0.39, 0.29) is 6.54 Å². The van der Waals surface area contributed by atoms with Gasteiger partial charge in [-0.1, -0.05) is 36.1 Å². The molecule has 0 spiro atoms. The molecule has 0 radical (unpaired) electrons. The number of hydroxylamine groups is 1. The fourth-order valence-electron chi connectivity index (χ4n) is 3.74. The summed E-state index contributed by atoms with van der Waals surface area (Å²) in [5, 5.41) is 13.1. The second-order valence-corrected chi connectivity index (χ2v) is 9.09. The molecule has 0 aliphatic carbocycles. The third kappa shape index (κ3) is 6.87. The Morgan fingerprint density at radius 3 is 2.08 bits per heavy atom. The number of rotatable bonds is 9. The molecule has 1 fully saturated rings. The highest BCUT2D eigenvalue weighted by Crippen LogP contribution is 2.29. The minimum Gasteiger partial charge on any atom is -0.382 e. The van der Waals surface area contributed by atoms with Gasteiger partial charge < -0.3 is 9.84 Å². The molecule has 1 aliphatic heterocycles. The van der Waals surface area contributed by atoms with Crippen molar-refractivity contribution in [1.29, 1.82) is 0 Å². The summed E-state index contributed by atoms with van der Waals surface area (Å²) < 4.78 is 32.4. The van der Waals surface area contributed by atoms with Gasteiger partial charge in [0.15, 0.2) is 0 Å². The van der Waals surface area contributed by atoms with E-state index in [1.165, 1.54) is 19.6 Å². The maximum atomic E-state index is 13.5. The Labute approximate surface area is 210 Å². The van der Waals surface area contributed by atoms with Crippen LogP contribution in [0.5, 0.6) is 0 Å². The van der Waals surface area contributed by atoms with Crippen molar-refractivity contribution in [1.82, 2.24) is 15.7 Å². The summed E-state index contributed by atoms with van der Waals surface area (Å²) in [6.07, 6.45) is -3.16. The number of hydrogen-bond donors (Lipinski definition) is 3. The minimum absolute atomic E-state index is 0.0643. The number of ether oxygens (including phenoxy) is 1. The number of halogens is 2. The van der Waals surface area contributed by atoms with Gasteiger partial charge in [0.25, 0.3) is 12.3 Å². The fourth-order valence-corrected chi connectivity index (χ4v) is 3.74. The summed E-state index contributed by atoms with van der Waals surface area (Å²) in [6.45, 7) is 6.51. The number of carbonyl (C=O) groups is 1. The van der Waals surface area contributed by atoms with Crippen LogP contribution in [0.1, 0.15) is 36.1 Å². The van der Waals surface area contributed by atoms with Crippen LogP contribution in [0.15, 0.2) is 48.5 Å². The largest absolute Gasteiger partial charge is 0.382 e. The van der Waals surface area contributed by atoms with Crippen LogP contribution in [-0.2, 0) is 27.5 Å². The van der Waals surface area contributed by atoms with Crippen LogP contribution in [-0.4, -0.2) is 66.9 Å². The molecule has 2 aromatic rings. The van der Waals surface area contributed by atoms with Crippen LogP contribution >= 0.6 is 0 Å². The van der Waals surface area contributed by atoms with Crippen molar-refractivity contribution in [3.05, 3.63) is 70.8 Å². The first kappa shape index (κ1) is 27.7. The molecule has 2 atom stereocenters. The maximum Gasteiger partial charge on any atom is 0.268 e. The van der Waals surface area contributed by atoms with Crippen molar-refractivity contribution < 1.29 is 28.3 Å². The molecule has 0 aromatic heterocycles. The van der Waals surface area contributed by atoms with E-state index >= 15 is 0 Å². The van der Waals surface area contributed by atoms with Gasteiger partial charge in [0.1, 0.15) is 11.1 Å². The number of benzene rings is 2. The van der Waals surface area contributed by atoms with Gasteiger partial charge in [-0.2, -0.15) is 0 Å². The first-order valence-corrected chi connectivity index (χ1v) is 11.7. The lowest BCUT2D eigenvalue weighted by Gasteiger charge is -2.41. The molecule has 1 aliphatic rings. The van der Waals surface area contributed by atoms with Crippen molar-refractivity contribution >= 4 is 5.91 Å². The molecule has 2 unspecified atom stereocenters. The second kappa shape index (κ2) is 12.4. The van der Waals surface area contributed by atoms with E-state index < -0.39 is 23.5 Å². The third-order valence-corrected chi connectivity index (χ3v) is 6.50. The van der Waals surface area contributed by atoms with Gasteiger partial charge in [0, 0.05) is 37.3 Å². The molecule has 1 saturated heterocycles. The van der Waals surface area contributed by atoms with Crippen molar-refractivity contribution in [2.24, 2.45) is 0 Å². The van der Waals surface area contributed by atoms with Crippen LogP contribution in [0.3, 0.4) is 0 Å². The predicted molar refractivity (Wildman–Crippen MR) is 132 cm³/mol. The van der Waals surface area contributed by atoms with E-state index in [2.05, 4.69) is 39.0 Å². The lowest BCUT2D eigenvalue weighted by molar-refractivity contribution is -0.169. The highest BCUT2D eigenvalue weighted by molar-refractivity contribution is 5.86. The Morgan fingerprint density at radius 1 is 1.06 bits per heavy atom. The number of carbonyl (C=O) groups excluding carboxylic acids is 1. The molecule has 0 bridgehead atoms. The first-order valence-electron chi connectivity index (χ1n) is 11.7. The van der Waals surface area contributed by atoms with Crippen molar-refractivity contribution in [3.8, 4) is 11.8 Å². The number of nitrogens with one attached hydrogen (secondary N) is 2. The SMILES string of the molecule is CONC(=O)C(C)(NCc1ccc(C#Cc2ccc(CN3CCOCC3)cc2)cc1)C(C)(O)C(F)F. The number of morpholine rings is 1. The van der Waals surface area contributed by atoms with Gasteiger partial charge in [0.2, 0.25) is 0 Å². The molecule has 3 rings (SSSR count). The van der Waals surface area contributed by atoms with E-state index in [4.69, 9.17) is 4.74 Å². The van der Waals surface area contributed by atoms with Crippen LogP contribution in [0.2, 0.25) is 0 Å². The third-order valence-electron chi connectivity index (χ3n) is 6.50. The number of aliphatic hydroxyl groups is 1. The Morgan fingerprint density at radius 2 is 1.58 bits per heavy atom. The van der Waals surface area contributed by atoms with Gasteiger partial charge in [-0.3, -0.25) is 19.8 Å². The Kier molecular flexibility index (Phi) is 9.54. The molecule has 0 saturated carbocycles. The van der Waals surface area contributed by atoms with Crippen LogP contribution in [0.25, 0.3) is 0 Å². The molecular weight excluding hydrogens is 468 g/mol. The maximum absolute atomic E-state index is 13.5. The van der Waals surface area contributed by atoms with Gasteiger partial charge in [-0.05, 0) is 49.2 Å². The molecule has 7 nitrogen and oxygen atoms in total. The zero-order valence-corrected chi connectivity index (χ0v) is 20.8. The van der Waals surface area contributed by atoms with Crippen LogP contribution in [0, 0.1) is 11.8 Å². The Hall–Kier alpha value is -2.87. The Balaban J connectivity index is 1.61.